The minimum atomic E-state index is -0.0414. The van der Waals surface area contributed by atoms with Crippen molar-refractivity contribution >= 4 is 11.8 Å². The summed E-state index contributed by atoms with van der Waals surface area (Å²) in [6.45, 7) is 7.09. The second-order valence-corrected chi connectivity index (χ2v) is 7.20. The second kappa shape index (κ2) is 8.92. The highest BCUT2D eigenvalue weighted by Gasteiger charge is 2.36. The molecule has 144 valence electrons. The molecule has 0 bridgehead atoms. The number of benzene rings is 1. The van der Waals surface area contributed by atoms with E-state index in [0.29, 0.717) is 49.3 Å². The average molecular weight is 362 g/mol. The third-order valence-corrected chi connectivity index (χ3v) is 5.04. The number of likely N-dealkylation sites (tertiary alicyclic amines) is 1. The molecule has 0 saturated carbocycles. The Balaban J connectivity index is 1.96. The molecular formula is C20H30N2O4. The Morgan fingerprint density at radius 3 is 2.46 bits per heavy atom. The maximum absolute atomic E-state index is 12.7. The second-order valence-electron chi connectivity index (χ2n) is 7.20. The summed E-state index contributed by atoms with van der Waals surface area (Å²) in [7, 11) is 3.20. The van der Waals surface area contributed by atoms with Crippen molar-refractivity contribution in [3.05, 3.63) is 23.8 Å². The molecule has 1 aliphatic rings. The Bertz CT molecular complexity index is 645. The van der Waals surface area contributed by atoms with Crippen molar-refractivity contribution in [3.63, 3.8) is 0 Å². The molecule has 1 fully saturated rings. The normalized spacial score (nSPS) is 19.5. The zero-order chi connectivity index (χ0) is 19.3. The number of rotatable bonds is 7. The van der Waals surface area contributed by atoms with E-state index in [0.717, 1.165) is 5.56 Å². The number of aryl methyl sites for hydroxylation is 1. The monoisotopic (exact) mass is 362 g/mol. The molecule has 0 aliphatic carbocycles. The first-order valence-corrected chi connectivity index (χ1v) is 9.11. The van der Waals surface area contributed by atoms with Gasteiger partial charge in [0.1, 0.15) is 0 Å². The van der Waals surface area contributed by atoms with E-state index in [1.807, 2.05) is 23.1 Å². The van der Waals surface area contributed by atoms with Crippen LogP contribution in [0.2, 0.25) is 0 Å². The van der Waals surface area contributed by atoms with Crippen molar-refractivity contribution in [3.8, 4) is 11.5 Å². The lowest BCUT2D eigenvalue weighted by Gasteiger charge is -2.21. The highest BCUT2D eigenvalue weighted by Crippen LogP contribution is 2.29. The van der Waals surface area contributed by atoms with Gasteiger partial charge in [-0.2, -0.15) is 0 Å². The lowest BCUT2D eigenvalue weighted by atomic mass is 9.91. The van der Waals surface area contributed by atoms with Crippen molar-refractivity contribution < 1.29 is 19.1 Å². The smallest absolute Gasteiger partial charge is 0.222 e. The molecule has 1 heterocycles. The van der Waals surface area contributed by atoms with E-state index in [-0.39, 0.29) is 17.9 Å². The molecule has 6 nitrogen and oxygen atoms in total. The van der Waals surface area contributed by atoms with E-state index in [2.05, 4.69) is 19.2 Å². The van der Waals surface area contributed by atoms with Crippen molar-refractivity contribution in [1.82, 2.24) is 10.2 Å². The molecule has 6 heteroatoms. The summed E-state index contributed by atoms with van der Waals surface area (Å²) in [5, 5.41) is 3.00. The van der Waals surface area contributed by atoms with E-state index >= 15 is 0 Å². The van der Waals surface area contributed by atoms with E-state index in [9.17, 15) is 9.59 Å². The molecule has 1 aromatic rings. The van der Waals surface area contributed by atoms with Crippen molar-refractivity contribution in [2.75, 3.05) is 27.3 Å². The van der Waals surface area contributed by atoms with E-state index in [1.54, 1.807) is 14.2 Å². The predicted octanol–water partition coefficient (Wildman–Crippen LogP) is 2.26. The molecule has 0 aromatic heterocycles. The van der Waals surface area contributed by atoms with Crippen LogP contribution in [-0.4, -0.2) is 50.1 Å². The van der Waals surface area contributed by atoms with Gasteiger partial charge < -0.3 is 19.7 Å². The van der Waals surface area contributed by atoms with Crippen LogP contribution in [-0.2, 0) is 16.0 Å². The van der Waals surface area contributed by atoms with Gasteiger partial charge in [-0.1, -0.05) is 19.9 Å². The highest BCUT2D eigenvalue weighted by atomic mass is 16.5. The predicted molar refractivity (Wildman–Crippen MR) is 100 cm³/mol. The molecule has 2 rings (SSSR count). The number of methoxy groups -OCH3 is 2. The summed E-state index contributed by atoms with van der Waals surface area (Å²) in [4.78, 5) is 26.0. The van der Waals surface area contributed by atoms with Crippen LogP contribution in [0.5, 0.6) is 11.5 Å². The molecule has 2 atom stereocenters. The molecule has 0 unspecified atom stereocenters. The van der Waals surface area contributed by atoms with Gasteiger partial charge in [0.05, 0.1) is 20.3 Å². The van der Waals surface area contributed by atoms with Crippen LogP contribution in [0.1, 0.15) is 32.8 Å². The first-order valence-electron chi connectivity index (χ1n) is 9.11. The van der Waals surface area contributed by atoms with Gasteiger partial charge in [-0.05, 0) is 30.0 Å². The van der Waals surface area contributed by atoms with Gasteiger partial charge in [-0.15, -0.1) is 0 Å². The lowest BCUT2D eigenvalue weighted by Crippen LogP contribution is -2.41. The fraction of sp³-hybridized carbons (Fsp3) is 0.600. The van der Waals surface area contributed by atoms with Crippen LogP contribution in [0.25, 0.3) is 0 Å². The molecule has 0 spiro atoms. The van der Waals surface area contributed by atoms with E-state index in [1.165, 1.54) is 6.92 Å². The number of nitrogens with one attached hydrogen (secondary N) is 1. The Morgan fingerprint density at radius 1 is 1.19 bits per heavy atom. The topological polar surface area (TPSA) is 67.9 Å². The van der Waals surface area contributed by atoms with Crippen LogP contribution in [0, 0.1) is 11.8 Å². The third kappa shape index (κ3) is 4.90. The van der Waals surface area contributed by atoms with Crippen LogP contribution in [0.3, 0.4) is 0 Å². The standard InChI is InChI=1S/C20H30N2O4/c1-13(2)16-11-22(12-17(16)21-14(3)23)20(24)9-7-15-6-8-18(25-4)19(10-15)26-5/h6,8,10,13,16-17H,7,9,11-12H2,1-5H3,(H,21,23)/t16-,17+/m0/s1. The molecule has 2 amide bonds. The Labute approximate surface area is 155 Å². The number of nitrogens with zero attached hydrogens (tertiary/aromatic N) is 1. The fourth-order valence-corrected chi connectivity index (χ4v) is 3.57. The van der Waals surface area contributed by atoms with Crippen LogP contribution < -0.4 is 14.8 Å². The number of ether oxygens (including phenoxy) is 2. The van der Waals surface area contributed by atoms with E-state index in [4.69, 9.17) is 9.47 Å². The molecule has 26 heavy (non-hydrogen) atoms. The Kier molecular flexibility index (Phi) is 6.89. The first-order chi connectivity index (χ1) is 12.3. The Hall–Kier alpha value is -2.24. The van der Waals surface area contributed by atoms with Gasteiger partial charge >= 0.3 is 0 Å². The number of hydrogen-bond acceptors (Lipinski definition) is 4. The summed E-state index contributed by atoms with van der Waals surface area (Å²) in [5.74, 6) is 2.14. The molecule has 1 aromatic carbocycles. The van der Waals surface area contributed by atoms with Crippen LogP contribution >= 0.6 is 0 Å². The maximum atomic E-state index is 12.7. The summed E-state index contributed by atoms with van der Waals surface area (Å²) < 4.78 is 10.6. The summed E-state index contributed by atoms with van der Waals surface area (Å²) in [6.07, 6.45) is 1.08. The first kappa shape index (κ1) is 20.1. The number of carbonyl (C=O) groups excluding carboxylic acids is 2. The fourth-order valence-electron chi connectivity index (χ4n) is 3.57. The largest absolute Gasteiger partial charge is 0.493 e. The average Bonchev–Trinajstić information content (AvgIpc) is 3.02. The maximum Gasteiger partial charge on any atom is 0.222 e. The van der Waals surface area contributed by atoms with Crippen LogP contribution in [0.4, 0.5) is 0 Å². The van der Waals surface area contributed by atoms with Gasteiger partial charge in [0.2, 0.25) is 11.8 Å². The van der Waals surface area contributed by atoms with Crippen molar-refractivity contribution in [2.24, 2.45) is 11.8 Å². The zero-order valence-electron chi connectivity index (χ0n) is 16.4. The third-order valence-electron chi connectivity index (χ3n) is 5.04. The quantitative estimate of drug-likeness (QED) is 0.808. The van der Waals surface area contributed by atoms with Crippen molar-refractivity contribution in [2.45, 2.75) is 39.7 Å². The summed E-state index contributed by atoms with van der Waals surface area (Å²) in [6, 6.07) is 5.76. The number of amides is 2. The minimum Gasteiger partial charge on any atom is -0.493 e. The highest BCUT2D eigenvalue weighted by molar-refractivity contribution is 5.77. The van der Waals surface area contributed by atoms with E-state index < -0.39 is 0 Å². The number of carbonyl (C=O) groups is 2. The number of hydrogen-bond donors (Lipinski definition) is 1. The lowest BCUT2D eigenvalue weighted by molar-refractivity contribution is -0.130. The van der Waals surface area contributed by atoms with Gasteiger partial charge in [0, 0.05) is 32.4 Å². The summed E-state index contributed by atoms with van der Waals surface area (Å²) in [5.41, 5.74) is 1.04. The SMILES string of the molecule is COc1ccc(CCC(=O)N2C[C@@H](NC(C)=O)[C@H](C(C)C)C2)cc1OC. The van der Waals surface area contributed by atoms with Crippen LogP contribution in [0.15, 0.2) is 18.2 Å². The molecular weight excluding hydrogens is 332 g/mol. The molecule has 1 N–H and O–H groups in total. The zero-order valence-corrected chi connectivity index (χ0v) is 16.4. The van der Waals surface area contributed by atoms with Gasteiger partial charge in [0.25, 0.3) is 0 Å². The van der Waals surface area contributed by atoms with Crippen molar-refractivity contribution in [1.29, 1.82) is 0 Å². The van der Waals surface area contributed by atoms with Gasteiger partial charge in [0.15, 0.2) is 11.5 Å². The summed E-state index contributed by atoms with van der Waals surface area (Å²) >= 11 is 0. The minimum absolute atomic E-state index is 0.0394. The molecule has 1 aliphatic heterocycles. The van der Waals surface area contributed by atoms with Gasteiger partial charge in [-0.3, -0.25) is 9.59 Å². The molecule has 1 saturated heterocycles. The molecule has 0 radical (unpaired) electrons. The van der Waals surface area contributed by atoms with Gasteiger partial charge in [-0.25, -0.2) is 0 Å². The Morgan fingerprint density at radius 2 is 1.88 bits per heavy atom.